The van der Waals surface area contributed by atoms with Gasteiger partial charge in [0.05, 0.1) is 23.8 Å². The van der Waals surface area contributed by atoms with Crippen molar-refractivity contribution in [3.63, 3.8) is 0 Å². The van der Waals surface area contributed by atoms with Crippen molar-refractivity contribution in [2.45, 2.75) is 44.0 Å². The molecule has 0 aromatic heterocycles. The molecule has 0 amide bonds. The van der Waals surface area contributed by atoms with Gasteiger partial charge in [-0.05, 0) is 60.7 Å². The summed E-state index contributed by atoms with van der Waals surface area (Å²) in [4.78, 5) is 0. The molecule has 2 nitrogen and oxygen atoms in total. The Kier molecular flexibility index (Phi) is 7.18. The van der Waals surface area contributed by atoms with Gasteiger partial charge in [-0.15, -0.1) is 6.58 Å². The van der Waals surface area contributed by atoms with Crippen LogP contribution in [0.15, 0.2) is 49.1 Å². The van der Waals surface area contributed by atoms with Gasteiger partial charge in [0.25, 0.3) is 0 Å². The third-order valence-corrected chi connectivity index (χ3v) is 5.54. The Morgan fingerprint density at radius 3 is 2.09 bits per heavy atom. The van der Waals surface area contributed by atoms with Gasteiger partial charge in [-0.1, -0.05) is 12.1 Å². The number of alkyl halides is 6. The van der Waals surface area contributed by atoms with E-state index in [-0.39, 0.29) is 24.2 Å². The van der Waals surface area contributed by atoms with E-state index in [2.05, 4.69) is 6.58 Å². The first-order valence-electron chi connectivity index (χ1n) is 9.95. The monoisotopic (exact) mass is 480 g/mol. The summed E-state index contributed by atoms with van der Waals surface area (Å²) in [5.41, 5.74) is -2.98. The molecule has 2 aromatic carbocycles. The standard InChI is InChI=1S/C23H20F8O2/c1-3-13-6-7-32-21(20(13)14-4-5-18(24)19(25)10-14)33-12(2)15-8-16(22(26,27)28)11-17(9-15)23(29,30)31/h3-5,8-13,20-21H,1,6-7H2,2H3/t12?,13-,20-,21+/m0/s1. The van der Waals surface area contributed by atoms with Crippen molar-refractivity contribution in [3.05, 3.63) is 82.9 Å². The fourth-order valence-corrected chi connectivity index (χ4v) is 3.81. The Morgan fingerprint density at radius 1 is 0.970 bits per heavy atom. The third-order valence-electron chi connectivity index (χ3n) is 5.54. The molecule has 180 valence electrons. The van der Waals surface area contributed by atoms with Gasteiger partial charge in [-0.3, -0.25) is 0 Å². The summed E-state index contributed by atoms with van der Waals surface area (Å²) in [6.07, 6.45) is -10.4. The molecule has 3 rings (SSSR count). The van der Waals surface area contributed by atoms with Crippen LogP contribution in [0.1, 0.15) is 47.6 Å². The number of hydrogen-bond acceptors (Lipinski definition) is 2. The van der Waals surface area contributed by atoms with E-state index >= 15 is 0 Å². The van der Waals surface area contributed by atoms with Crippen molar-refractivity contribution in [3.8, 4) is 0 Å². The lowest BCUT2D eigenvalue weighted by Crippen LogP contribution is -2.36. The van der Waals surface area contributed by atoms with Crippen LogP contribution in [0.3, 0.4) is 0 Å². The molecule has 10 heteroatoms. The van der Waals surface area contributed by atoms with Gasteiger partial charge in [0, 0.05) is 5.92 Å². The van der Waals surface area contributed by atoms with Gasteiger partial charge in [0.2, 0.25) is 0 Å². The minimum absolute atomic E-state index is 0.0329. The van der Waals surface area contributed by atoms with Crippen molar-refractivity contribution in [2.75, 3.05) is 6.61 Å². The molecule has 0 N–H and O–H groups in total. The number of halogens is 8. The Bertz CT molecular complexity index is 967. The van der Waals surface area contributed by atoms with Gasteiger partial charge in [-0.2, -0.15) is 26.3 Å². The lowest BCUT2D eigenvalue weighted by atomic mass is 9.81. The zero-order valence-corrected chi connectivity index (χ0v) is 17.3. The van der Waals surface area contributed by atoms with E-state index in [1.165, 1.54) is 13.0 Å². The topological polar surface area (TPSA) is 18.5 Å². The van der Waals surface area contributed by atoms with Crippen LogP contribution < -0.4 is 0 Å². The van der Waals surface area contributed by atoms with Crippen molar-refractivity contribution in [2.24, 2.45) is 5.92 Å². The number of ether oxygens (including phenoxy) is 2. The second kappa shape index (κ2) is 9.42. The zero-order chi connectivity index (χ0) is 24.6. The van der Waals surface area contributed by atoms with E-state index in [1.807, 2.05) is 0 Å². The number of allylic oxidation sites excluding steroid dienone is 1. The molecule has 1 fully saturated rings. The average molecular weight is 480 g/mol. The lowest BCUT2D eigenvalue weighted by molar-refractivity contribution is -0.205. The quantitative estimate of drug-likeness (QED) is 0.328. The van der Waals surface area contributed by atoms with Gasteiger partial charge >= 0.3 is 12.4 Å². The van der Waals surface area contributed by atoms with Gasteiger partial charge in [-0.25, -0.2) is 8.78 Å². The van der Waals surface area contributed by atoms with E-state index in [0.29, 0.717) is 24.1 Å². The van der Waals surface area contributed by atoms with Crippen LogP contribution in [0.5, 0.6) is 0 Å². The molecule has 0 bridgehead atoms. The summed E-state index contributed by atoms with van der Waals surface area (Å²) in [6.45, 7) is 5.18. The highest BCUT2D eigenvalue weighted by Crippen LogP contribution is 2.41. The highest BCUT2D eigenvalue weighted by molar-refractivity contribution is 5.35. The fourth-order valence-electron chi connectivity index (χ4n) is 3.81. The maximum atomic E-state index is 13.8. The summed E-state index contributed by atoms with van der Waals surface area (Å²) in [6, 6.07) is 4.40. The van der Waals surface area contributed by atoms with Crippen LogP contribution in [0.2, 0.25) is 0 Å². The Balaban J connectivity index is 1.96. The van der Waals surface area contributed by atoms with Crippen LogP contribution >= 0.6 is 0 Å². The molecule has 1 unspecified atom stereocenters. The van der Waals surface area contributed by atoms with Gasteiger partial charge < -0.3 is 9.47 Å². The highest BCUT2D eigenvalue weighted by atomic mass is 19.4. The summed E-state index contributed by atoms with van der Waals surface area (Å²) < 4.78 is 118. The molecule has 1 saturated heterocycles. The minimum Gasteiger partial charge on any atom is -0.352 e. The van der Waals surface area contributed by atoms with Crippen LogP contribution in [-0.4, -0.2) is 12.9 Å². The van der Waals surface area contributed by atoms with Gasteiger partial charge in [0.15, 0.2) is 17.9 Å². The maximum Gasteiger partial charge on any atom is 0.416 e. The maximum absolute atomic E-state index is 13.8. The summed E-state index contributed by atoms with van der Waals surface area (Å²) in [7, 11) is 0. The normalized spacial score (nSPS) is 22.8. The Hall–Kier alpha value is -2.46. The first kappa shape index (κ1) is 25.2. The average Bonchev–Trinajstić information content (AvgIpc) is 2.74. The van der Waals surface area contributed by atoms with E-state index < -0.39 is 53.4 Å². The highest BCUT2D eigenvalue weighted by Gasteiger charge is 2.39. The number of benzene rings is 2. The molecule has 1 heterocycles. The molecule has 1 aliphatic rings. The van der Waals surface area contributed by atoms with E-state index in [4.69, 9.17) is 9.47 Å². The first-order valence-corrected chi connectivity index (χ1v) is 9.95. The van der Waals surface area contributed by atoms with E-state index in [9.17, 15) is 35.1 Å². The lowest BCUT2D eigenvalue weighted by Gasteiger charge is -2.38. The molecule has 0 saturated carbocycles. The smallest absolute Gasteiger partial charge is 0.352 e. The van der Waals surface area contributed by atoms with E-state index in [0.717, 1.165) is 12.1 Å². The predicted molar refractivity (Wildman–Crippen MR) is 103 cm³/mol. The van der Waals surface area contributed by atoms with Crippen molar-refractivity contribution in [1.82, 2.24) is 0 Å². The number of hydrogen-bond donors (Lipinski definition) is 0. The molecule has 0 radical (unpaired) electrons. The van der Waals surface area contributed by atoms with Crippen molar-refractivity contribution >= 4 is 0 Å². The molecule has 4 atom stereocenters. The fraction of sp³-hybridized carbons (Fsp3) is 0.391. The summed E-state index contributed by atoms with van der Waals surface area (Å²) >= 11 is 0. The summed E-state index contributed by atoms with van der Waals surface area (Å²) in [5.74, 6) is -3.20. The van der Waals surface area contributed by atoms with Crippen LogP contribution in [0.4, 0.5) is 35.1 Å². The first-order chi connectivity index (χ1) is 15.3. The molecule has 0 spiro atoms. The Morgan fingerprint density at radius 2 is 1.58 bits per heavy atom. The molecule has 1 aliphatic heterocycles. The second-order valence-corrected chi connectivity index (χ2v) is 7.74. The largest absolute Gasteiger partial charge is 0.416 e. The van der Waals surface area contributed by atoms with Gasteiger partial charge in [0.1, 0.15) is 0 Å². The second-order valence-electron chi connectivity index (χ2n) is 7.74. The van der Waals surface area contributed by atoms with Crippen LogP contribution in [-0.2, 0) is 21.8 Å². The van der Waals surface area contributed by atoms with Crippen LogP contribution in [0, 0.1) is 17.6 Å². The van der Waals surface area contributed by atoms with E-state index in [1.54, 1.807) is 6.08 Å². The molecular weight excluding hydrogens is 460 g/mol. The predicted octanol–water partition coefficient (Wildman–Crippen LogP) is 7.41. The molecular formula is C23H20F8O2. The van der Waals surface area contributed by atoms with Crippen LogP contribution in [0.25, 0.3) is 0 Å². The molecule has 2 aromatic rings. The van der Waals surface area contributed by atoms with Crippen molar-refractivity contribution < 1.29 is 44.6 Å². The number of rotatable bonds is 5. The molecule has 0 aliphatic carbocycles. The van der Waals surface area contributed by atoms with Crippen molar-refractivity contribution in [1.29, 1.82) is 0 Å². The zero-order valence-electron chi connectivity index (χ0n) is 17.3. The SMILES string of the molecule is C=C[C@H]1CCO[C@H](OC(C)c2cc(C(F)(F)F)cc(C(F)(F)F)c2)[C@@H]1c1ccc(F)c(F)c1. The minimum atomic E-state index is -5.00. The third kappa shape index (κ3) is 5.73. The Labute approximate surface area is 184 Å². The molecule has 33 heavy (non-hydrogen) atoms. The summed E-state index contributed by atoms with van der Waals surface area (Å²) in [5, 5.41) is 0.